The van der Waals surface area contributed by atoms with E-state index < -0.39 is 12.7 Å². The Morgan fingerprint density at radius 1 is 1.42 bits per heavy atom. The van der Waals surface area contributed by atoms with Crippen LogP contribution in [-0.4, -0.2) is 41.0 Å². The largest absolute Gasteiger partial charge is 0.408 e. The average molecular weight is 346 g/mol. The molecule has 1 aromatic heterocycles. The first-order valence-electron chi connectivity index (χ1n) is 8.09. The van der Waals surface area contributed by atoms with E-state index in [9.17, 15) is 18.0 Å². The van der Waals surface area contributed by atoms with Gasteiger partial charge in [-0.2, -0.15) is 18.3 Å². The summed E-state index contributed by atoms with van der Waals surface area (Å²) >= 11 is 0. The number of piperidine rings is 1. The van der Waals surface area contributed by atoms with Gasteiger partial charge in [-0.3, -0.25) is 9.48 Å². The Balaban J connectivity index is 2.06. The number of nitrogens with one attached hydrogen (secondary N) is 2. The van der Waals surface area contributed by atoms with Crippen molar-refractivity contribution in [2.75, 3.05) is 13.1 Å². The fourth-order valence-electron chi connectivity index (χ4n) is 3.16. The zero-order valence-electron chi connectivity index (χ0n) is 14.5. The molecule has 0 radical (unpaired) electrons. The molecule has 2 N–H and O–H groups in total. The maximum atomic E-state index is 12.6. The molecular formula is C16H25F3N4O. The number of halogens is 3. The van der Waals surface area contributed by atoms with Crippen molar-refractivity contribution in [3.05, 3.63) is 17.0 Å². The highest BCUT2D eigenvalue weighted by Gasteiger charge is 2.34. The van der Waals surface area contributed by atoms with Crippen molar-refractivity contribution in [2.45, 2.75) is 59.3 Å². The van der Waals surface area contributed by atoms with Gasteiger partial charge in [-0.1, -0.05) is 13.8 Å². The van der Waals surface area contributed by atoms with Crippen molar-refractivity contribution in [2.24, 2.45) is 5.41 Å². The van der Waals surface area contributed by atoms with Crippen molar-refractivity contribution < 1.29 is 18.0 Å². The molecule has 8 heteroatoms. The number of rotatable bonds is 4. The minimum absolute atomic E-state index is 0.0511. The van der Waals surface area contributed by atoms with E-state index >= 15 is 0 Å². The van der Waals surface area contributed by atoms with Crippen LogP contribution in [0.4, 0.5) is 13.2 Å². The van der Waals surface area contributed by atoms with Crippen LogP contribution >= 0.6 is 0 Å². The SMILES string of the molecule is Cc1nn(CC(F)(F)F)c(C)c1CC(=O)NC1CCNCC1(C)C. The van der Waals surface area contributed by atoms with Gasteiger partial charge in [-0.25, -0.2) is 0 Å². The molecule has 0 spiro atoms. The third-order valence-corrected chi connectivity index (χ3v) is 4.67. The van der Waals surface area contributed by atoms with E-state index in [1.807, 2.05) is 0 Å². The van der Waals surface area contributed by atoms with Crippen LogP contribution in [0.5, 0.6) is 0 Å². The molecule has 1 amide bonds. The second kappa shape index (κ2) is 6.74. The van der Waals surface area contributed by atoms with Gasteiger partial charge in [0.2, 0.25) is 5.91 Å². The summed E-state index contributed by atoms with van der Waals surface area (Å²) in [5.41, 5.74) is 1.38. The summed E-state index contributed by atoms with van der Waals surface area (Å²) in [5.74, 6) is -0.173. The lowest BCUT2D eigenvalue weighted by atomic mass is 9.80. The van der Waals surface area contributed by atoms with Crippen LogP contribution in [-0.2, 0) is 17.8 Å². The Hall–Kier alpha value is -1.57. The minimum Gasteiger partial charge on any atom is -0.352 e. The molecule has 0 aromatic carbocycles. The summed E-state index contributed by atoms with van der Waals surface area (Å²) in [6, 6.07) is 0.0529. The van der Waals surface area contributed by atoms with Gasteiger partial charge in [0.15, 0.2) is 0 Å². The van der Waals surface area contributed by atoms with E-state index in [4.69, 9.17) is 0 Å². The lowest BCUT2D eigenvalue weighted by molar-refractivity contribution is -0.143. The number of carbonyl (C=O) groups excluding carboxylic acids is 1. The monoisotopic (exact) mass is 346 g/mol. The maximum absolute atomic E-state index is 12.6. The summed E-state index contributed by atoms with van der Waals surface area (Å²) in [6.45, 7) is 7.90. The third-order valence-electron chi connectivity index (χ3n) is 4.67. The number of hydrogen-bond acceptors (Lipinski definition) is 3. The molecule has 0 aliphatic carbocycles. The van der Waals surface area contributed by atoms with E-state index in [0.717, 1.165) is 24.2 Å². The predicted molar refractivity (Wildman–Crippen MR) is 84.7 cm³/mol. The third kappa shape index (κ3) is 4.49. The van der Waals surface area contributed by atoms with Gasteiger partial charge in [0.05, 0.1) is 12.1 Å². The van der Waals surface area contributed by atoms with Crippen molar-refractivity contribution in [1.82, 2.24) is 20.4 Å². The Morgan fingerprint density at radius 3 is 2.67 bits per heavy atom. The fourth-order valence-corrected chi connectivity index (χ4v) is 3.16. The minimum atomic E-state index is -4.33. The zero-order chi connectivity index (χ0) is 18.1. The highest BCUT2D eigenvalue weighted by molar-refractivity contribution is 5.79. The first-order valence-corrected chi connectivity index (χ1v) is 8.09. The van der Waals surface area contributed by atoms with Gasteiger partial charge < -0.3 is 10.6 Å². The van der Waals surface area contributed by atoms with Gasteiger partial charge in [-0.15, -0.1) is 0 Å². The predicted octanol–water partition coefficient (Wildman–Crippen LogP) is 2.11. The number of aromatic nitrogens is 2. The fraction of sp³-hybridized carbons (Fsp3) is 0.750. The number of hydrogen-bond donors (Lipinski definition) is 2. The summed E-state index contributed by atoms with van der Waals surface area (Å²) in [4.78, 5) is 12.4. The van der Waals surface area contributed by atoms with E-state index in [-0.39, 0.29) is 23.8 Å². The van der Waals surface area contributed by atoms with Crippen molar-refractivity contribution >= 4 is 5.91 Å². The molecule has 5 nitrogen and oxygen atoms in total. The highest BCUT2D eigenvalue weighted by atomic mass is 19.4. The van der Waals surface area contributed by atoms with Crippen LogP contribution in [0.2, 0.25) is 0 Å². The first kappa shape index (κ1) is 18.8. The molecule has 1 aliphatic rings. The normalized spacial score (nSPS) is 20.9. The molecular weight excluding hydrogens is 321 g/mol. The molecule has 1 aliphatic heterocycles. The Bertz CT molecular complexity index is 607. The molecule has 2 heterocycles. The van der Waals surface area contributed by atoms with Crippen molar-refractivity contribution in [1.29, 1.82) is 0 Å². The number of aryl methyl sites for hydroxylation is 1. The lowest BCUT2D eigenvalue weighted by Crippen LogP contribution is -2.54. The van der Waals surface area contributed by atoms with Gasteiger partial charge in [0, 0.05) is 23.8 Å². The van der Waals surface area contributed by atoms with E-state index in [1.165, 1.54) is 0 Å². The van der Waals surface area contributed by atoms with Gasteiger partial charge >= 0.3 is 6.18 Å². The second-order valence-electron chi connectivity index (χ2n) is 7.17. The quantitative estimate of drug-likeness (QED) is 0.878. The molecule has 1 unspecified atom stereocenters. The average Bonchev–Trinajstić information content (AvgIpc) is 2.67. The lowest BCUT2D eigenvalue weighted by Gasteiger charge is -2.39. The van der Waals surface area contributed by atoms with Crippen LogP contribution < -0.4 is 10.6 Å². The van der Waals surface area contributed by atoms with Crippen LogP contribution in [0.3, 0.4) is 0 Å². The molecule has 1 saturated heterocycles. The van der Waals surface area contributed by atoms with Gasteiger partial charge in [0.1, 0.15) is 6.54 Å². The topological polar surface area (TPSA) is 59.0 Å². The molecule has 0 bridgehead atoms. The summed E-state index contributed by atoms with van der Waals surface area (Å²) in [6.07, 6.45) is -3.44. The van der Waals surface area contributed by atoms with E-state index in [0.29, 0.717) is 17.0 Å². The number of nitrogens with zero attached hydrogens (tertiary/aromatic N) is 2. The molecule has 24 heavy (non-hydrogen) atoms. The van der Waals surface area contributed by atoms with E-state index in [1.54, 1.807) is 13.8 Å². The van der Waals surface area contributed by atoms with Crippen LogP contribution in [0.25, 0.3) is 0 Å². The Morgan fingerprint density at radius 2 is 2.08 bits per heavy atom. The Kier molecular flexibility index (Phi) is 5.27. The Labute approximate surface area is 140 Å². The second-order valence-corrected chi connectivity index (χ2v) is 7.17. The van der Waals surface area contributed by atoms with Gasteiger partial charge in [-0.05, 0) is 32.2 Å². The van der Waals surface area contributed by atoms with Crippen molar-refractivity contribution in [3.63, 3.8) is 0 Å². The number of alkyl halides is 3. The standard InChI is InChI=1S/C16H25F3N4O/c1-10-12(11(2)23(22-10)9-16(17,18)19)7-14(24)21-13-5-6-20-8-15(13,3)4/h13,20H,5-9H2,1-4H3,(H,21,24). The van der Waals surface area contributed by atoms with Crippen LogP contribution in [0.15, 0.2) is 0 Å². The summed E-state index contributed by atoms with van der Waals surface area (Å²) < 4.78 is 38.6. The molecule has 1 aromatic rings. The summed E-state index contributed by atoms with van der Waals surface area (Å²) in [5, 5.41) is 10.3. The highest BCUT2D eigenvalue weighted by Crippen LogP contribution is 2.25. The molecule has 136 valence electrons. The molecule has 1 atom stereocenters. The molecule has 0 saturated carbocycles. The smallest absolute Gasteiger partial charge is 0.352 e. The molecule has 1 fully saturated rings. The van der Waals surface area contributed by atoms with Crippen molar-refractivity contribution in [3.8, 4) is 0 Å². The van der Waals surface area contributed by atoms with Crippen LogP contribution in [0, 0.1) is 19.3 Å². The van der Waals surface area contributed by atoms with Gasteiger partial charge in [0.25, 0.3) is 0 Å². The number of amides is 1. The first-order chi connectivity index (χ1) is 11.0. The van der Waals surface area contributed by atoms with Crippen LogP contribution in [0.1, 0.15) is 37.2 Å². The maximum Gasteiger partial charge on any atom is 0.408 e. The molecule has 2 rings (SSSR count). The summed E-state index contributed by atoms with van der Waals surface area (Å²) in [7, 11) is 0. The van der Waals surface area contributed by atoms with E-state index in [2.05, 4.69) is 29.6 Å². The number of carbonyl (C=O) groups is 1. The zero-order valence-corrected chi connectivity index (χ0v) is 14.5.